The Morgan fingerprint density at radius 1 is 1.33 bits per heavy atom. The fraction of sp³-hybridized carbons (Fsp3) is 0.474. The molecule has 3 aromatic heterocycles. The number of aromatic nitrogens is 4. The molecule has 0 bridgehead atoms. The summed E-state index contributed by atoms with van der Waals surface area (Å²) >= 11 is 1.61. The van der Waals surface area contributed by atoms with Crippen LogP contribution in [0.3, 0.4) is 0 Å². The molecule has 1 amide bonds. The second-order valence-corrected chi connectivity index (χ2v) is 7.95. The van der Waals surface area contributed by atoms with Crippen molar-refractivity contribution in [2.24, 2.45) is 0 Å². The first-order valence-electron chi connectivity index (χ1n) is 9.26. The Balaban J connectivity index is 1.39. The van der Waals surface area contributed by atoms with Gasteiger partial charge in [0.2, 0.25) is 0 Å². The molecular formula is C19H23N5O2S. The number of imidazole rings is 1. The Morgan fingerprint density at radius 3 is 2.81 bits per heavy atom. The van der Waals surface area contributed by atoms with Crippen LogP contribution in [0.5, 0.6) is 0 Å². The molecule has 142 valence electrons. The summed E-state index contributed by atoms with van der Waals surface area (Å²) in [5.41, 5.74) is 3.31. The number of nitrogens with zero attached hydrogens (tertiary/aromatic N) is 5. The van der Waals surface area contributed by atoms with E-state index >= 15 is 0 Å². The lowest BCUT2D eigenvalue weighted by molar-refractivity contribution is 0.0700. The van der Waals surface area contributed by atoms with Crippen molar-refractivity contribution in [3.05, 3.63) is 52.3 Å². The van der Waals surface area contributed by atoms with Crippen LogP contribution in [0.15, 0.2) is 33.9 Å². The van der Waals surface area contributed by atoms with Crippen molar-refractivity contribution in [3.8, 4) is 0 Å². The van der Waals surface area contributed by atoms with Gasteiger partial charge in [-0.2, -0.15) is 0 Å². The molecule has 3 aromatic rings. The SMILES string of the molecule is CC(C)c1cc(C(=O)N2CCC(c3nccn3Cc3cscn3)CC2)no1. The third-order valence-electron chi connectivity index (χ3n) is 5.03. The smallest absolute Gasteiger partial charge is 0.276 e. The molecule has 1 saturated heterocycles. The van der Waals surface area contributed by atoms with Crippen LogP contribution in [0.25, 0.3) is 0 Å². The van der Waals surface area contributed by atoms with E-state index in [0.717, 1.165) is 36.7 Å². The molecule has 1 fully saturated rings. The number of piperidine rings is 1. The molecule has 4 heterocycles. The van der Waals surface area contributed by atoms with Gasteiger partial charge >= 0.3 is 0 Å². The van der Waals surface area contributed by atoms with E-state index in [9.17, 15) is 4.79 Å². The predicted molar refractivity (Wildman–Crippen MR) is 102 cm³/mol. The minimum Gasteiger partial charge on any atom is -0.360 e. The zero-order chi connectivity index (χ0) is 18.8. The van der Waals surface area contributed by atoms with E-state index in [4.69, 9.17) is 4.52 Å². The largest absolute Gasteiger partial charge is 0.360 e. The standard InChI is InChI=1S/C19H23N5O2S/c1-13(2)17-9-16(22-26-17)19(25)23-6-3-14(4-7-23)18-20-5-8-24(18)10-15-11-27-12-21-15/h5,8-9,11-14H,3-4,6-7,10H2,1-2H3. The second-order valence-electron chi connectivity index (χ2n) is 7.23. The van der Waals surface area contributed by atoms with Crippen molar-refractivity contribution < 1.29 is 9.32 Å². The Bertz CT molecular complexity index is 891. The summed E-state index contributed by atoms with van der Waals surface area (Å²) in [6, 6.07) is 1.76. The van der Waals surface area contributed by atoms with Gasteiger partial charge in [-0.25, -0.2) is 9.97 Å². The number of rotatable bonds is 5. The van der Waals surface area contributed by atoms with Crippen molar-refractivity contribution in [3.63, 3.8) is 0 Å². The Kier molecular flexibility index (Phi) is 5.07. The lowest BCUT2D eigenvalue weighted by Gasteiger charge is -2.31. The fourth-order valence-electron chi connectivity index (χ4n) is 3.47. The zero-order valence-corrected chi connectivity index (χ0v) is 16.4. The summed E-state index contributed by atoms with van der Waals surface area (Å²) in [4.78, 5) is 23.5. The molecule has 0 aliphatic carbocycles. The van der Waals surface area contributed by atoms with Crippen molar-refractivity contribution in [1.82, 2.24) is 24.6 Å². The first kappa shape index (κ1) is 17.9. The molecule has 0 N–H and O–H groups in total. The van der Waals surface area contributed by atoms with E-state index in [1.54, 1.807) is 17.4 Å². The van der Waals surface area contributed by atoms with Crippen LogP contribution < -0.4 is 0 Å². The van der Waals surface area contributed by atoms with E-state index < -0.39 is 0 Å². The van der Waals surface area contributed by atoms with Crippen LogP contribution in [0.2, 0.25) is 0 Å². The van der Waals surface area contributed by atoms with Gasteiger partial charge in [-0.3, -0.25) is 4.79 Å². The third kappa shape index (κ3) is 3.80. The van der Waals surface area contributed by atoms with E-state index in [0.29, 0.717) is 24.7 Å². The summed E-state index contributed by atoms with van der Waals surface area (Å²) < 4.78 is 7.44. The van der Waals surface area contributed by atoms with Crippen LogP contribution >= 0.6 is 11.3 Å². The summed E-state index contributed by atoms with van der Waals surface area (Å²) in [7, 11) is 0. The number of thiazole rings is 1. The molecule has 8 heteroatoms. The first-order valence-corrected chi connectivity index (χ1v) is 10.2. The average Bonchev–Trinajstić information content (AvgIpc) is 3.43. The quantitative estimate of drug-likeness (QED) is 0.672. The van der Waals surface area contributed by atoms with Gasteiger partial charge < -0.3 is 14.0 Å². The van der Waals surface area contributed by atoms with Crippen LogP contribution in [-0.2, 0) is 6.54 Å². The Hall–Kier alpha value is -2.48. The predicted octanol–water partition coefficient (Wildman–Crippen LogP) is 3.52. The Labute approximate surface area is 162 Å². The van der Waals surface area contributed by atoms with Gasteiger partial charge in [-0.1, -0.05) is 19.0 Å². The van der Waals surface area contributed by atoms with Crippen LogP contribution in [0, 0.1) is 0 Å². The summed E-state index contributed by atoms with van der Waals surface area (Å²) in [6.45, 7) is 6.20. The maximum Gasteiger partial charge on any atom is 0.276 e. The molecular weight excluding hydrogens is 362 g/mol. The van der Waals surface area contributed by atoms with Crippen molar-refractivity contribution in [1.29, 1.82) is 0 Å². The van der Waals surface area contributed by atoms with Gasteiger partial charge in [0.15, 0.2) is 5.69 Å². The minimum absolute atomic E-state index is 0.0464. The van der Waals surface area contributed by atoms with Gasteiger partial charge in [-0.05, 0) is 12.8 Å². The van der Waals surface area contributed by atoms with E-state index in [1.165, 1.54) is 0 Å². The van der Waals surface area contributed by atoms with Gasteiger partial charge in [0, 0.05) is 48.8 Å². The highest BCUT2D eigenvalue weighted by Gasteiger charge is 2.28. The van der Waals surface area contributed by atoms with Gasteiger partial charge in [0.1, 0.15) is 11.6 Å². The maximum atomic E-state index is 12.7. The molecule has 1 aliphatic rings. The maximum absolute atomic E-state index is 12.7. The normalized spacial score (nSPS) is 15.6. The highest BCUT2D eigenvalue weighted by atomic mass is 32.1. The zero-order valence-electron chi connectivity index (χ0n) is 15.5. The van der Waals surface area contributed by atoms with Gasteiger partial charge in [0.05, 0.1) is 17.7 Å². The molecule has 0 radical (unpaired) electrons. The molecule has 0 atom stereocenters. The number of hydrogen-bond acceptors (Lipinski definition) is 6. The van der Waals surface area contributed by atoms with Crippen molar-refractivity contribution >= 4 is 17.2 Å². The number of amides is 1. The highest BCUT2D eigenvalue weighted by molar-refractivity contribution is 7.07. The van der Waals surface area contributed by atoms with Gasteiger partial charge in [-0.15, -0.1) is 11.3 Å². The summed E-state index contributed by atoms with van der Waals surface area (Å²) in [5, 5.41) is 6.01. The fourth-order valence-corrected chi connectivity index (χ4v) is 4.02. The molecule has 0 aromatic carbocycles. The van der Waals surface area contributed by atoms with Crippen LogP contribution in [0.1, 0.15) is 66.3 Å². The lowest BCUT2D eigenvalue weighted by Crippen LogP contribution is -2.38. The van der Waals surface area contributed by atoms with Crippen LogP contribution in [-0.4, -0.2) is 43.6 Å². The van der Waals surface area contributed by atoms with E-state index in [1.807, 2.05) is 36.7 Å². The average molecular weight is 385 g/mol. The van der Waals surface area contributed by atoms with Gasteiger partial charge in [0.25, 0.3) is 5.91 Å². The van der Waals surface area contributed by atoms with E-state index in [2.05, 4.69) is 25.1 Å². The number of carbonyl (C=O) groups is 1. The molecule has 0 spiro atoms. The second kappa shape index (κ2) is 7.64. The molecule has 7 nitrogen and oxygen atoms in total. The summed E-state index contributed by atoms with van der Waals surface area (Å²) in [6.07, 6.45) is 5.65. The molecule has 4 rings (SSSR count). The molecule has 0 saturated carbocycles. The molecule has 27 heavy (non-hydrogen) atoms. The summed E-state index contributed by atoms with van der Waals surface area (Å²) in [5.74, 6) is 2.36. The molecule has 1 aliphatic heterocycles. The monoisotopic (exact) mass is 385 g/mol. The molecule has 0 unspecified atom stereocenters. The number of carbonyl (C=O) groups excluding carboxylic acids is 1. The first-order chi connectivity index (χ1) is 13.1. The third-order valence-corrected chi connectivity index (χ3v) is 5.66. The topological polar surface area (TPSA) is 77.1 Å². The number of hydrogen-bond donors (Lipinski definition) is 0. The van der Waals surface area contributed by atoms with Crippen molar-refractivity contribution in [2.75, 3.05) is 13.1 Å². The van der Waals surface area contributed by atoms with Crippen LogP contribution in [0.4, 0.5) is 0 Å². The van der Waals surface area contributed by atoms with Crippen molar-refractivity contribution in [2.45, 2.75) is 45.1 Å². The lowest BCUT2D eigenvalue weighted by atomic mass is 9.95. The minimum atomic E-state index is -0.0464. The van der Waals surface area contributed by atoms with E-state index in [-0.39, 0.29) is 11.8 Å². The highest BCUT2D eigenvalue weighted by Crippen LogP contribution is 2.28. The number of likely N-dealkylation sites (tertiary alicyclic amines) is 1. The Morgan fingerprint density at radius 2 is 2.15 bits per heavy atom.